The molecule has 0 amide bonds. The smallest absolute Gasteiger partial charge is 0.279 e. The minimum atomic E-state index is -5.84. The van der Waals surface area contributed by atoms with E-state index in [4.69, 9.17) is 13.0 Å². The number of pyridine rings is 1. The van der Waals surface area contributed by atoms with Gasteiger partial charge in [0.1, 0.15) is 6.67 Å². The maximum atomic E-state index is 13.0. The molecule has 1 aromatic heterocycles. The van der Waals surface area contributed by atoms with Crippen LogP contribution >= 0.6 is 0 Å². The van der Waals surface area contributed by atoms with E-state index in [1.54, 1.807) is 6.20 Å². The monoisotopic (exact) mass is 437 g/mol. The summed E-state index contributed by atoms with van der Waals surface area (Å²) in [5, 5.41) is 4.74. The Balaban J connectivity index is 0.000000275. The number of nitrogens with zero attached hydrogens (tertiary/aromatic N) is 1. The summed E-state index contributed by atoms with van der Waals surface area (Å²) in [6, 6.07) is 22.6. The Morgan fingerprint density at radius 2 is 1.37 bits per heavy atom. The molecule has 0 aliphatic rings. The van der Waals surface area contributed by atoms with Gasteiger partial charge in [0.2, 0.25) is 0 Å². The van der Waals surface area contributed by atoms with Gasteiger partial charge in [-0.25, -0.2) is 4.39 Å². The number of hydrogen-bond acceptors (Lipinski definition) is 3. The molecule has 30 heavy (non-hydrogen) atoms. The number of rotatable bonds is 2. The third-order valence-electron chi connectivity index (χ3n) is 4.31. The molecule has 156 valence electrons. The molecule has 0 aliphatic carbocycles. The van der Waals surface area contributed by atoms with Crippen LogP contribution in [0, 0.1) is 0 Å². The largest absolute Gasteiger partial charge is 0.522 e. The highest BCUT2D eigenvalue weighted by molar-refractivity contribution is 7.86. The van der Waals surface area contributed by atoms with Crippen LogP contribution in [0.4, 0.5) is 17.6 Å². The molecule has 1 heterocycles. The standard InChI is InChI=1S/C20H14FN.CHF3O3S/c21-13-17-12-16(9-10-22-17)20-18-7-3-1-5-14(18)11-15-6-2-4-8-19(15)20;2-1(3,4)8(5,6)7/h1-12H,13H2;(H,5,6,7). The molecule has 3 aromatic carbocycles. The van der Waals surface area contributed by atoms with Crippen LogP contribution in [-0.2, 0) is 16.8 Å². The average molecular weight is 437 g/mol. The molecule has 0 aliphatic heterocycles. The van der Waals surface area contributed by atoms with E-state index >= 15 is 0 Å². The third kappa shape index (κ3) is 4.58. The quantitative estimate of drug-likeness (QED) is 0.183. The van der Waals surface area contributed by atoms with Crippen molar-refractivity contribution in [2.75, 3.05) is 0 Å². The van der Waals surface area contributed by atoms with Gasteiger partial charge in [-0.1, -0.05) is 48.5 Å². The summed E-state index contributed by atoms with van der Waals surface area (Å²) in [6.45, 7) is -0.545. The van der Waals surface area contributed by atoms with E-state index in [0.717, 1.165) is 11.1 Å². The lowest BCUT2D eigenvalue weighted by Gasteiger charge is -2.12. The van der Waals surface area contributed by atoms with Gasteiger partial charge in [-0.3, -0.25) is 9.54 Å². The summed E-state index contributed by atoms with van der Waals surface area (Å²) in [5.41, 5.74) is -2.91. The van der Waals surface area contributed by atoms with E-state index in [-0.39, 0.29) is 0 Å². The van der Waals surface area contributed by atoms with Crippen molar-refractivity contribution < 1.29 is 30.5 Å². The molecule has 1 N–H and O–H groups in total. The van der Waals surface area contributed by atoms with Gasteiger partial charge in [0.15, 0.2) is 0 Å². The number of halogens is 4. The second-order valence-electron chi connectivity index (χ2n) is 6.28. The lowest BCUT2D eigenvalue weighted by Crippen LogP contribution is -2.21. The molecule has 0 atom stereocenters. The zero-order valence-corrected chi connectivity index (χ0v) is 16.1. The summed E-state index contributed by atoms with van der Waals surface area (Å²) in [4.78, 5) is 4.07. The zero-order chi connectivity index (χ0) is 21.9. The Bertz CT molecular complexity index is 1250. The summed E-state index contributed by atoms with van der Waals surface area (Å²) < 4.78 is 70.5. The Kier molecular flexibility index (Phi) is 6.04. The van der Waals surface area contributed by atoms with Crippen LogP contribution in [0.25, 0.3) is 32.7 Å². The van der Waals surface area contributed by atoms with E-state index in [2.05, 4.69) is 35.3 Å². The van der Waals surface area contributed by atoms with Crippen LogP contribution in [0.2, 0.25) is 0 Å². The maximum absolute atomic E-state index is 13.0. The van der Waals surface area contributed by atoms with Crippen molar-refractivity contribution in [2.24, 2.45) is 0 Å². The van der Waals surface area contributed by atoms with Gasteiger partial charge in [0.05, 0.1) is 5.69 Å². The van der Waals surface area contributed by atoms with Gasteiger partial charge in [-0.05, 0) is 50.9 Å². The lowest BCUT2D eigenvalue weighted by molar-refractivity contribution is -0.0510. The van der Waals surface area contributed by atoms with E-state index in [0.29, 0.717) is 5.69 Å². The highest BCUT2D eigenvalue weighted by atomic mass is 32.2. The Labute approximate surface area is 169 Å². The van der Waals surface area contributed by atoms with Crippen LogP contribution in [0.1, 0.15) is 5.69 Å². The Morgan fingerprint density at radius 3 is 1.83 bits per heavy atom. The van der Waals surface area contributed by atoms with Crippen molar-refractivity contribution in [3.05, 3.63) is 78.6 Å². The van der Waals surface area contributed by atoms with E-state index in [1.807, 2.05) is 36.4 Å². The predicted octanol–water partition coefficient (Wildman–Crippen LogP) is 5.92. The van der Waals surface area contributed by atoms with Crippen molar-refractivity contribution in [1.82, 2.24) is 4.98 Å². The van der Waals surface area contributed by atoms with Gasteiger partial charge in [-0.2, -0.15) is 21.6 Å². The first kappa shape index (κ1) is 21.7. The fourth-order valence-corrected chi connectivity index (χ4v) is 3.03. The molecule has 4 nitrogen and oxygen atoms in total. The van der Waals surface area contributed by atoms with Gasteiger partial charge in [0.25, 0.3) is 0 Å². The summed E-state index contributed by atoms with van der Waals surface area (Å²) in [7, 11) is -5.84. The molecule has 0 saturated heterocycles. The number of benzene rings is 3. The van der Waals surface area contributed by atoms with Crippen LogP contribution in [0.5, 0.6) is 0 Å². The van der Waals surface area contributed by atoms with Gasteiger partial charge >= 0.3 is 15.6 Å². The molecular weight excluding hydrogens is 422 g/mol. The number of alkyl halides is 4. The van der Waals surface area contributed by atoms with Crippen molar-refractivity contribution >= 4 is 31.7 Å². The highest BCUT2D eigenvalue weighted by Crippen LogP contribution is 2.36. The minimum Gasteiger partial charge on any atom is -0.279 e. The first-order valence-corrected chi connectivity index (χ1v) is 10.0. The first-order chi connectivity index (χ1) is 14.1. The molecule has 0 unspecified atom stereocenters. The molecule has 0 bridgehead atoms. The normalized spacial score (nSPS) is 11.9. The molecule has 0 spiro atoms. The topological polar surface area (TPSA) is 67.3 Å². The predicted molar refractivity (Wildman–Crippen MR) is 107 cm³/mol. The van der Waals surface area contributed by atoms with Gasteiger partial charge < -0.3 is 0 Å². The third-order valence-corrected chi connectivity index (χ3v) is 4.89. The fourth-order valence-electron chi connectivity index (χ4n) is 3.03. The van der Waals surface area contributed by atoms with Crippen LogP contribution in [-0.4, -0.2) is 23.5 Å². The zero-order valence-electron chi connectivity index (χ0n) is 15.3. The fraction of sp³-hybridized carbons (Fsp3) is 0.0952. The molecule has 4 aromatic rings. The van der Waals surface area contributed by atoms with Crippen LogP contribution < -0.4 is 0 Å². The minimum absolute atomic E-state index is 0.467. The molecule has 9 heteroatoms. The molecule has 4 rings (SSSR count). The van der Waals surface area contributed by atoms with E-state index in [1.165, 1.54) is 21.5 Å². The summed E-state index contributed by atoms with van der Waals surface area (Å²) in [6.07, 6.45) is 1.68. The van der Waals surface area contributed by atoms with E-state index < -0.39 is 22.3 Å². The molecule has 0 fully saturated rings. The number of hydrogen-bond donors (Lipinski definition) is 1. The van der Waals surface area contributed by atoms with Crippen molar-refractivity contribution in [2.45, 2.75) is 12.2 Å². The SMILES string of the molecule is FCc1cc(-c2c3ccccc3cc3ccccc23)ccn1.O=S(=O)(O)C(F)(F)F. The molecule has 0 saturated carbocycles. The average Bonchev–Trinajstić information content (AvgIpc) is 2.71. The van der Waals surface area contributed by atoms with Crippen LogP contribution in [0.15, 0.2) is 72.9 Å². The van der Waals surface area contributed by atoms with Crippen LogP contribution in [0.3, 0.4) is 0 Å². The number of aromatic nitrogens is 1. The second-order valence-corrected chi connectivity index (χ2v) is 7.70. The summed E-state index contributed by atoms with van der Waals surface area (Å²) in [5.74, 6) is 0. The Hall–Kier alpha value is -3.04. The highest BCUT2D eigenvalue weighted by Gasteiger charge is 2.44. The van der Waals surface area contributed by atoms with Crippen molar-refractivity contribution in [3.63, 3.8) is 0 Å². The Morgan fingerprint density at radius 1 is 0.867 bits per heavy atom. The molecular formula is C21H15F4NO3S. The second kappa shape index (κ2) is 8.37. The number of fused-ring (bicyclic) bond motifs is 2. The van der Waals surface area contributed by atoms with Crippen molar-refractivity contribution in [3.8, 4) is 11.1 Å². The van der Waals surface area contributed by atoms with Gasteiger partial charge in [-0.15, -0.1) is 0 Å². The maximum Gasteiger partial charge on any atom is 0.522 e. The first-order valence-electron chi connectivity index (χ1n) is 8.57. The van der Waals surface area contributed by atoms with E-state index in [9.17, 15) is 17.6 Å². The summed E-state index contributed by atoms with van der Waals surface area (Å²) >= 11 is 0. The van der Waals surface area contributed by atoms with Crippen molar-refractivity contribution in [1.29, 1.82) is 0 Å². The molecule has 0 radical (unpaired) electrons. The van der Waals surface area contributed by atoms with Gasteiger partial charge in [0, 0.05) is 6.20 Å². The lowest BCUT2D eigenvalue weighted by atomic mass is 9.92.